The van der Waals surface area contributed by atoms with E-state index in [1.54, 1.807) is 0 Å². The van der Waals surface area contributed by atoms with Gasteiger partial charge in [0.1, 0.15) is 0 Å². The van der Waals surface area contributed by atoms with Gasteiger partial charge in [0.2, 0.25) is 0 Å². The van der Waals surface area contributed by atoms with Crippen LogP contribution in [-0.4, -0.2) is 0 Å². The third-order valence-electron chi connectivity index (χ3n) is 1.93. The third kappa shape index (κ3) is 8.51. The van der Waals surface area contributed by atoms with E-state index in [2.05, 4.69) is 56.4 Å². The predicted molar refractivity (Wildman–Crippen MR) is 55.6 cm³/mol. The van der Waals surface area contributed by atoms with Crippen LogP contribution in [0.4, 0.5) is 0 Å². The first kappa shape index (κ1) is 21.0. The molecule has 4 heteroatoms. The van der Waals surface area contributed by atoms with Crippen LogP contribution < -0.4 is 0 Å². The molecule has 0 aromatic heterocycles. The van der Waals surface area contributed by atoms with Crippen molar-refractivity contribution >= 4 is 6.08 Å². The number of benzene rings is 1. The monoisotopic (exact) mass is 266 g/mol. The van der Waals surface area contributed by atoms with Crippen LogP contribution in [0.3, 0.4) is 0 Å². The molecule has 0 bridgehead atoms. The van der Waals surface area contributed by atoms with Crippen molar-refractivity contribution in [3.8, 4) is 0 Å². The fourth-order valence-electron chi connectivity index (χ4n) is 1.37. The van der Waals surface area contributed by atoms with Crippen LogP contribution in [0.1, 0.15) is 17.5 Å². The molecule has 0 amide bonds. The maximum absolute atomic E-state index is 7.50. The summed E-state index contributed by atoms with van der Waals surface area (Å²) in [6.07, 6.45) is 6.87. The van der Waals surface area contributed by atoms with Gasteiger partial charge in [-0.1, -0.05) is 36.4 Å². The van der Waals surface area contributed by atoms with Crippen LogP contribution in [0.5, 0.6) is 0 Å². The van der Waals surface area contributed by atoms with E-state index >= 15 is 0 Å². The molecule has 0 atom stereocenters. The average Bonchev–Trinajstić information content (AvgIpc) is 2.45. The van der Waals surface area contributed by atoms with Crippen molar-refractivity contribution < 1.29 is 31.3 Å². The average molecular weight is 266 g/mol. The molecule has 1 aliphatic carbocycles. The Balaban J connectivity index is -0.000000248. The van der Waals surface area contributed by atoms with Crippen LogP contribution >= 0.6 is 0 Å². The molecule has 0 spiro atoms. The van der Waals surface area contributed by atoms with E-state index in [0.717, 1.165) is 0 Å². The number of fused-ring (bicyclic) bond motifs is 1. The number of aryl methyl sites for hydroxylation is 1. The molecule has 0 unspecified atom stereocenters. The molecule has 0 saturated carbocycles. The maximum Gasteiger partial charge on any atom is 0 e. The Bertz CT molecular complexity index is 363. The maximum atomic E-state index is 7.50. The first-order valence-electron chi connectivity index (χ1n) is 4.32. The SMILES string of the molecule is C1=Cc2ccccc2CC1.[C-]#[O+].[C-]#[O+].[C-]#[O+].[Cr]. The molecule has 17 heavy (non-hydrogen) atoms. The van der Waals surface area contributed by atoms with Crippen molar-refractivity contribution in [3.05, 3.63) is 61.4 Å². The van der Waals surface area contributed by atoms with Gasteiger partial charge in [0.05, 0.1) is 0 Å². The minimum Gasteiger partial charge on any atom is 0 e. The van der Waals surface area contributed by atoms with Crippen LogP contribution in [0.2, 0.25) is 0 Å². The molecular weight excluding hydrogens is 256 g/mol. The first-order valence-corrected chi connectivity index (χ1v) is 4.32. The van der Waals surface area contributed by atoms with Crippen molar-refractivity contribution in [2.24, 2.45) is 0 Å². The summed E-state index contributed by atoms with van der Waals surface area (Å²) < 4.78 is 22.5. The topological polar surface area (TPSA) is 59.7 Å². The van der Waals surface area contributed by atoms with Crippen LogP contribution in [0.25, 0.3) is 6.08 Å². The minimum absolute atomic E-state index is 0. The summed E-state index contributed by atoms with van der Waals surface area (Å²) >= 11 is 0. The molecular formula is C13H10CrO3. The summed E-state index contributed by atoms with van der Waals surface area (Å²) in [4.78, 5) is 0. The van der Waals surface area contributed by atoms with Crippen molar-refractivity contribution in [3.63, 3.8) is 0 Å². The second-order valence-electron chi connectivity index (χ2n) is 2.64. The van der Waals surface area contributed by atoms with E-state index in [9.17, 15) is 0 Å². The van der Waals surface area contributed by atoms with E-state index in [0.29, 0.717) is 0 Å². The molecule has 2 rings (SSSR count). The summed E-state index contributed by atoms with van der Waals surface area (Å²) in [5, 5.41) is 0. The Labute approximate surface area is 112 Å². The van der Waals surface area contributed by atoms with Gasteiger partial charge in [-0.15, -0.1) is 0 Å². The Morgan fingerprint density at radius 3 is 1.94 bits per heavy atom. The quantitative estimate of drug-likeness (QED) is 0.512. The van der Waals surface area contributed by atoms with Gasteiger partial charge < -0.3 is 0 Å². The normalized spacial score (nSPS) is 9.06. The van der Waals surface area contributed by atoms with Gasteiger partial charge in [-0.2, -0.15) is 0 Å². The zero-order valence-electron chi connectivity index (χ0n) is 9.01. The molecule has 86 valence electrons. The van der Waals surface area contributed by atoms with Crippen LogP contribution in [0.15, 0.2) is 30.3 Å². The Morgan fingerprint density at radius 1 is 0.882 bits per heavy atom. The number of allylic oxidation sites excluding steroid dienone is 1. The van der Waals surface area contributed by atoms with Gasteiger partial charge in [0, 0.05) is 17.4 Å². The smallest absolute Gasteiger partial charge is 0 e. The molecule has 1 aliphatic rings. The van der Waals surface area contributed by atoms with E-state index in [4.69, 9.17) is 14.0 Å². The van der Waals surface area contributed by atoms with E-state index in [-0.39, 0.29) is 17.4 Å². The number of rotatable bonds is 0. The Kier molecular flexibility index (Phi) is 21.2. The third-order valence-corrected chi connectivity index (χ3v) is 1.93. The van der Waals surface area contributed by atoms with Gasteiger partial charge in [0.15, 0.2) is 0 Å². The van der Waals surface area contributed by atoms with Gasteiger partial charge in [-0.3, -0.25) is 0 Å². The van der Waals surface area contributed by atoms with Crippen LogP contribution in [-0.2, 0) is 37.7 Å². The first-order chi connectivity index (χ1) is 7.97. The summed E-state index contributed by atoms with van der Waals surface area (Å²) in [5.74, 6) is 0. The summed E-state index contributed by atoms with van der Waals surface area (Å²) in [6.45, 7) is 13.5. The molecule has 0 fully saturated rings. The van der Waals surface area contributed by atoms with E-state index in [1.807, 2.05) is 0 Å². The largest absolute Gasteiger partial charge is 0 e. The standard InChI is InChI=1S/C10H10.3CO.Cr/c1-2-6-10-8-4-3-7-9(10)5-1;3*1-2;/h1-3,5-7H,4,8H2;;;;. The minimum atomic E-state index is 0. The predicted octanol–water partition coefficient (Wildman–Crippen LogP) is 2.53. The molecule has 0 saturated heterocycles. The van der Waals surface area contributed by atoms with Crippen molar-refractivity contribution in [2.75, 3.05) is 0 Å². The Hall–Kier alpha value is -1.29. The van der Waals surface area contributed by atoms with Crippen molar-refractivity contribution in [2.45, 2.75) is 12.8 Å². The van der Waals surface area contributed by atoms with Crippen molar-refractivity contribution in [1.82, 2.24) is 0 Å². The van der Waals surface area contributed by atoms with Gasteiger partial charge in [0.25, 0.3) is 0 Å². The molecule has 0 N–H and O–H groups in total. The zero-order chi connectivity index (χ0) is 12.8. The second kappa shape index (κ2) is 17.1. The fourth-order valence-corrected chi connectivity index (χ4v) is 1.37. The van der Waals surface area contributed by atoms with Crippen LogP contribution in [0, 0.1) is 20.0 Å². The number of hydrogen-bond donors (Lipinski definition) is 0. The second-order valence-corrected chi connectivity index (χ2v) is 2.64. The molecule has 1 aromatic rings. The summed E-state index contributed by atoms with van der Waals surface area (Å²) in [6, 6.07) is 8.58. The summed E-state index contributed by atoms with van der Waals surface area (Å²) in [5.41, 5.74) is 2.89. The molecule has 0 radical (unpaired) electrons. The van der Waals surface area contributed by atoms with Crippen molar-refractivity contribution in [1.29, 1.82) is 0 Å². The number of hydrogen-bond acceptors (Lipinski definition) is 0. The molecule has 1 aromatic carbocycles. The Morgan fingerprint density at radius 2 is 1.41 bits per heavy atom. The summed E-state index contributed by atoms with van der Waals surface area (Å²) in [7, 11) is 0. The fraction of sp³-hybridized carbons (Fsp3) is 0.154. The molecule has 0 aliphatic heterocycles. The van der Waals surface area contributed by atoms with E-state index in [1.165, 1.54) is 24.0 Å². The molecule has 3 nitrogen and oxygen atoms in total. The van der Waals surface area contributed by atoms with Gasteiger partial charge in [-0.05, 0) is 24.0 Å². The molecule has 0 heterocycles. The van der Waals surface area contributed by atoms with Gasteiger partial charge in [-0.25, -0.2) is 0 Å². The van der Waals surface area contributed by atoms with Gasteiger partial charge >= 0.3 is 33.9 Å². The zero-order valence-corrected chi connectivity index (χ0v) is 10.3. The van der Waals surface area contributed by atoms with E-state index < -0.39 is 0 Å².